The summed E-state index contributed by atoms with van der Waals surface area (Å²) in [5, 5.41) is 4.63. The lowest BCUT2D eigenvalue weighted by atomic mass is 9.96. The Bertz CT molecular complexity index is 1040. The molecule has 142 valence electrons. The van der Waals surface area contributed by atoms with Gasteiger partial charge in [-0.25, -0.2) is 9.97 Å². The quantitative estimate of drug-likeness (QED) is 0.557. The van der Waals surface area contributed by atoms with Gasteiger partial charge in [0.1, 0.15) is 17.2 Å². The van der Waals surface area contributed by atoms with Gasteiger partial charge in [0.05, 0.1) is 10.2 Å². The summed E-state index contributed by atoms with van der Waals surface area (Å²) in [5.41, 5.74) is 1.78. The van der Waals surface area contributed by atoms with Gasteiger partial charge in [-0.3, -0.25) is 0 Å². The van der Waals surface area contributed by atoms with Gasteiger partial charge in [-0.2, -0.15) is 0 Å². The third kappa shape index (κ3) is 4.28. The van der Waals surface area contributed by atoms with Crippen molar-refractivity contribution in [2.45, 2.75) is 51.0 Å². The van der Waals surface area contributed by atoms with E-state index in [4.69, 9.17) is 9.72 Å². The Morgan fingerprint density at radius 2 is 1.86 bits per heavy atom. The fourth-order valence-corrected chi connectivity index (χ4v) is 4.51. The number of aromatic nitrogens is 2. The van der Waals surface area contributed by atoms with Gasteiger partial charge >= 0.3 is 0 Å². The molecule has 0 radical (unpaired) electrons. The number of ether oxygens (including phenoxy) is 1. The van der Waals surface area contributed by atoms with Crippen LogP contribution in [0, 0.1) is 17.8 Å². The number of hydrogen-bond donors (Lipinski definition) is 1. The molecule has 2 aliphatic carbocycles. The van der Waals surface area contributed by atoms with Gasteiger partial charge in [0.2, 0.25) is 0 Å². The molecular weight excluding hydrogens is 366 g/mol. The Morgan fingerprint density at radius 1 is 1.00 bits per heavy atom. The first-order valence-electron chi connectivity index (χ1n) is 10.1. The molecule has 2 aliphatic rings. The molecule has 3 aromatic rings. The van der Waals surface area contributed by atoms with Gasteiger partial charge in [0.25, 0.3) is 0 Å². The molecule has 2 aromatic heterocycles. The first-order chi connectivity index (χ1) is 13.8. The van der Waals surface area contributed by atoms with E-state index < -0.39 is 0 Å². The van der Waals surface area contributed by atoms with E-state index in [1.54, 1.807) is 17.5 Å². The lowest BCUT2D eigenvalue weighted by Gasteiger charge is -2.22. The van der Waals surface area contributed by atoms with Gasteiger partial charge in [-0.15, -0.1) is 0 Å². The number of pyridine rings is 1. The number of nitrogens with zero attached hydrogens (tertiary/aromatic N) is 2. The van der Waals surface area contributed by atoms with Crippen LogP contribution in [-0.2, 0) is 0 Å². The van der Waals surface area contributed by atoms with Crippen LogP contribution >= 0.6 is 11.3 Å². The van der Waals surface area contributed by atoms with Crippen LogP contribution in [0.25, 0.3) is 10.2 Å². The summed E-state index contributed by atoms with van der Waals surface area (Å²) in [5.74, 6) is 8.53. The van der Waals surface area contributed by atoms with Crippen LogP contribution in [0.1, 0.15) is 50.6 Å². The van der Waals surface area contributed by atoms with E-state index in [-0.39, 0.29) is 0 Å². The average Bonchev–Trinajstić information content (AvgIpc) is 3.46. The van der Waals surface area contributed by atoms with Crippen LogP contribution in [0.4, 0.5) is 5.13 Å². The van der Waals surface area contributed by atoms with Crippen molar-refractivity contribution in [2.75, 3.05) is 5.32 Å². The Morgan fingerprint density at radius 3 is 2.71 bits per heavy atom. The Balaban J connectivity index is 1.31. The predicted molar refractivity (Wildman–Crippen MR) is 114 cm³/mol. The normalized spacial score (nSPS) is 17.1. The Hall–Kier alpha value is -2.58. The molecule has 1 N–H and O–H groups in total. The first kappa shape index (κ1) is 17.5. The largest absolute Gasteiger partial charge is 0.457 e. The van der Waals surface area contributed by atoms with E-state index in [2.05, 4.69) is 28.2 Å². The minimum atomic E-state index is 0.566. The number of nitrogens with one attached hydrogen (secondary N) is 1. The van der Waals surface area contributed by atoms with Gasteiger partial charge in [0.15, 0.2) is 5.13 Å². The molecule has 0 bridgehead atoms. The highest BCUT2D eigenvalue weighted by Gasteiger charge is 2.18. The van der Waals surface area contributed by atoms with Crippen molar-refractivity contribution in [1.82, 2.24) is 9.97 Å². The topological polar surface area (TPSA) is 47.0 Å². The second kappa shape index (κ2) is 7.81. The van der Waals surface area contributed by atoms with Crippen LogP contribution in [0.2, 0.25) is 0 Å². The summed E-state index contributed by atoms with van der Waals surface area (Å²) < 4.78 is 7.20. The molecule has 0 unspecified atom stereocenters. The molecule has 2 saturated carbocycles. The highest BCUT2D eigenvalue weighted by molar-refractivity contribution is 7.22. The van der Waals surface area contributed by atoms with E-state index in [1.807, 2.05) is 24.3 Å². The summed E-state index contributed by atoms with van der Waals surface area (Å²) in [6.07, 6.45) is 10.7. The summed E-state index contributed by atoms with van der Waals surface area (Å²) in [7, 11) is 0. The number of rotatable bonds is 4. The fraction of sp³-hybridized carbons (Fsp3) is 0.391. The van der Waals surface area contributed by atoms with E-state index in [0.29, 0.717) is 12.0 Å². The summed E-state index contributed by atoms with van der Waals surface area (Å²) in [6, 6.07) is 10.4. The van der Waals surface area contributed by atoms with Crippen molar-refractivity contribution in [1.29, 1.82) is 0 Å². The van der Waals surface area contributed by atoms with Crippen molar-refractivity contribution >= 4 is 26.7 Å². The van der Waals surface area contributed by atoms with Crippen LogP contribution < -0.4 is 10.1 Å². The Kier molecular flexibility index (Phi) is 4.88. The summed E-state index contributed by atoms with van der Waals surface area (Å²) in [4.78, 5) is 9.06. The number of anilines is 1. The van der Waals surface area contributed by atoms with E-state index in [1.165, 1.54) is 44.9 Å². The molecule has 0 aliphatic heterocycles. The highest BCUT2D eigenvalue weighted by Crippen LogP contribution is 2.33. The molecular formula is C23H23N3OS. The molecule has 2 heterocycles. The van der Waals surface area contributed by atoms with Crippen molar-refractivity contribution < 1.29 is 4.74 Å². The average molecular weight is 390 g/mol. The highest BCUT2D eigenvalue weighted by atomic mass is 32.1. The van der Waals surface area contributed by atoms with Crippen LogP contribution in [-0.4, -0.2) is 16.0 Å². The van der Waals surface area contributed by atoms with Gasteiger partial charge in [0, 0.05) is 30.3 Å². The van der Waals surface area contributed by atoms with Gasteiger partial charge in [-0.05, 0) is 49.8 Å². The standard InChI is InChI=1S/C23H23N3OS/c1-2-4-17(5-3-1)25-23-26-21-11-10-19(15-22(21)28-23)27-20-12-13-24-18(14-20)9-8-16-6-7-16/h10-17H,1-7H2,(H,25,26). The fourth-order valence-electron chi connectivity index (χ4n) is 3.53. The van der Waals surface area contributed by atoms with E-state index in [9.17, 15) is 0 Å². The Labute approximate surface area is 169 Å². The van der Waals surface area contributed by atoms with Crippen LogP contribution in [0.15, 0.2) is 36.5 Å². The van der Waals surface area contributed by atoms with Crippen LogP contribution in [0.5, 0.6) is 11.5 Å². The minimum absolute atomic E-state index is 0.566. The molecule has 5 rings (SSSR count). The second-order valence-corrected chi connectivity index (χ2v) is 8.68. The van der Waals surface area contributed by atoms with Gasteiger partial charge in [-0.1, -0.05) is 36.5 Å². The third-order valence-electron chi connectivity index (χ3n) is 5.24. The molecule has 1 aromatic carbocycles. The maximum atomic E-state index is 6.06. The predicted octanol–water partition coefficient (Wildman–Crippen LogP) is 5.99. The molecule has 0 atom stereocenters. The second-order valence-electron chi connectivity index (χ2n) is 7.65. The van der Waals surface area contributed by atoms with Crippen molar-refractivity contribution in [3.8, 4) is 23.3 Å². The molecule has 28 heavy (non-hydrogen) atoms. The number of fused-ring (bicyclic) bond motifs is 1. The zero-order valence-electron chi connectivity index (χ0n) is 15.8. The maximum absolute atomic E-state index is 6.06. The van der Waals surface area contributed by atoms with E-state index >= 15 is 0 Å². The number of thiazole rings is 1. The smallest absolute Gasteiger partial charge is 0.184 e. The number of benzene rings is 1. The monoisotopic (exact) mass is 389 g/mol. The summed E-state index contributed by atoms with van der Waals surface area (Å²) >= 11 is 1.70. The van der Waals surface area contributed by atoms with Crippen molar-refractivity contribution in [3.63, 3.8) is 0 Å². The van der Waals surface area contributed by atoms with E-state index in [0.717, 1.165) is 32.5 Å². The molecule has 5 heteroatoms. The SMILES string of the molecule is C(#CC1CC1)c1cc(Oc2ccc3nc(NC4CCCCC4)sc3c2)ccn1. The molecule has 0 amide bonds. The number of hydrogen-bond acceptors (Lipinski definition) is 5. The van der Waals surface area contributed by atoms with Crippen molar-refractivity contribution in [3.05, 3.63) is 42.2 Å². The summed E-state index contributed by atoms with van der Waals surface area (Å²) in [6.45, 7) is 0. The zero-order chi connectivity index (χ0) is 18.8. The van der Waals surface area contributed by atoms with Crippen molar-refractivity contribution in [2.24, 2.45) is 5.92 Å². The lowest BCUT2D eigenvalue weighted by molar-refractivity contribution is 0.462. The first-order valence-corrected chi connectivity index (χ1v) is 11.0. The third-order valence-corrected chi connectivity index (χ3v) is 6.19. The molecule has 2 fully saturated rings. The zero-order valence-corrected chi connectivity index (χ0v) is 16.6. The van der Waals surface area contributed by atoms with Crippen LogP contribution in [0.3, 0.4) is 0 Å². The van der Waals surface area contributed by atoms with Gasteiger partial charge < -0.3 is 10.1 Å². The molecule has 0 saturated heterocycles. The molecule has 4 nitrogen and oxygen atoms in total. The molecule has 0 spiro atoms. The minimum Gasteiger partial charge on any atom is -0.457 e. The lowest BCUT2D eigenvalue weighted by Crippen LogP contribution is -2.21. The maximum Gasteiger partial charge on any atom is 0.184 e.